The third kappa shape index (κ3) is 3.86. The fourth-order valence-corrected chi connectivity index (χ4v) is 5.77. The summed E-state index contributed by atoms with van der Waals surface area (Å²) in [5, 5.41) is 1.20. The fourth-order valence-electron chi connectivity index (χ4n) is 3.89. The van der Waals surface area contributed by atoms with Crippen LogP contribution in [0.1, 0.15) is 20.8 Å². The fraction of sp³-hybridized carbons (Fsp3) is 0.296. The first kappa shape index (κ1) is 22.3. The van der Waals surface area contributed by atoms with Crippen LogP contribution in [0.4, 0.5) is 10.1 Å². The van der Waals surface area contributed by atoms with E-state index in [0.717, 1.165) is 39.0 Å². The van der Waals surface area contributed by atoms with E-state index in [4.69, 9.17) is 4.98 Å². The molecule has 32 heavy (non-hydrogen) atoms. The molecule has 0 aliphatic heterocycles. The van der Waals surface area contributed by atoms with Crippen LogP contribution < -0.4 is 4.90 Å². The van der Waals surface area contributed by atoms with Gasteiger partial charge in [0.15, 0.2) is 8.24 Å². The zero-order chi connectivity index (χ0) is 23.3. The van der Waals surface area contributed by atoms with Crippen molar-refractivity contribution in [3.63, 3.8) is 0 Å². The zero-order valence-electron chi connectivity index (χ0n) is 20.1. The van der Waals surface area contributed by atoms with E-state index in [1.807, 2.05) is 26.4 Å². The molecule has 0 amide bonds. The van der Waals surface area contributed by atoms with Crippen molar-refractivity contribution in [3.8, 4) is 22.3 Å². The summed E-state index contributed by atoms with van der Waals surface area (Å²) >= 11 is 0. The Morgan fingerprint density at radius 3 is 2.19 bits per heavy atom. The molecule has 4 aromatic rings. The van der Waals surface area contributed by atoms with Gasteiger partial charge in [-0.05, 0) is 46.5 Å². The van der Waals surface area contributed by atoms with E-state index in [-0.39, 0.29) is 10.9 Å². The molecule has 0 saturated carbocycles. The number of nitrogens with zero attached hydrogens (tertiary/aromatic N) is 3. The minimum Gasteiger partial charge on any atom is -0.378 e. The Kier molecular flexibility index (Phi) is 5.49. The maximum Gasteiger partial charge on any atom is 0.163 e. The number of benzene rings is 2. The van der Waals surface area contributed by atoms with Gasteiger partial charge in [0.05, 0.1) is 0 Å². The van der Waals surface area contributed by atoms with Gasteiger partial charge in [0.1, 0.15) is 11.5 Å². The summed E-state index contributed by atoms with van der Waals surface area (Å²) < 4.78 is 16.5. The summed E-state index contributed by atoms with van der Waals surface area (Å²) in [6.07, 6.45) is 4.16. The molecule has 0 saturated heterocycles. The number of hydrogen-bond acceptors (Lipinski definition) is 2. The summed E-state index contributed by atoms with van der Waals surface area (Å²) in [5.74, 6) is -0.223. The average Bonchev–Trinajstić information content (AvgIpc) is 3.12. The highest BCUT2D eigenvalue weighted by Gasteiger charge is 2.39. The Morgan fingerprint density at radius 2 is 1.59 bits per heavy atom. The molecule has 0 bridgehead atoms. The third-order valence-corrected chi connectivity index (χ3v) is 12.1. The predicted molar refractivity (Wildman–Crippen MR) is 137 cm³/mol. The topological polar surface area (TPSA) is 21.1 Å². The number of rotatable bonds is 4. The highest BCUT2D eigenvalue weighted by Crippen LogP contribution is 2.42. The largest absolute Gasteiger partial charge is 0.378 e. The smallest absolute Gasteiger partial charge is 0.163 e. The molecule has 0 aliphatic rings. The van der Waals surface area contributed by atoms with Gasteiger partial charge in [0, 0.05) is 48.7 Å². The second-order valence-electron chi connectivity index (χ2n) is 10.3. The van der Waals surface area contributed by atoms with Crippen LogP contribution >= 0.6 is 0 Å². The Morgan fingerprint density at radius 1 is 0.906 bits per heavy atom. The lowest BCUT2D eigenvalue weighted by Gasteiger charge is -2.38. The van der Waals surface area contributed by atoms with Gasteiger partial charge in [-0.2, -0.15) is 0 Å². The van der Waals surface area contributed by atoms with Gasteiger partial charge in [0.25, 0.3) is 0 Å². The van der Waals surface area contributed by atoms with Crippen molar-refractivity contribution in [1.29, 1.82) is 0 Å². The standard InChI is InChI=1S/C27H32FN3Si/c1-27(2,3)32(6,7)31-18-25(20-9-8-10-22(28)15-20)24-16-21(17-29-26(24)31)19-11-13-23(14-12-19)30(4)5/h8-18H,1-7H3. The van der Waals surface area contributed by atoms with Crippen LogP contribution in [0.15, 0.2) is 67.0 Å². The number of anilines is 1. The minimum absolute atomic E-state index is 0.139. The SMILES string of the molecule is CN(C)c1ccc(-c2cnc3c(c2)c(-c2cccc(F)c2)cn3[Si](C)(C)C(C)(C)C)cc1. The predicted octanol–water partition coefficient (Wildman–Crippen LogP) is 7.43. The molecule has 0 spiro atoms. The van der Waals surface area contributed by atoms with E-state index in [9.17, 15) is 4.39 Å². The number of halogens is 1. The molecule has 4 rings (SSSR count). The van der Waals surface area contributed by atoms with Crippen LogP contribution in [0.2, 0.25) is 18.1 Å². The molecular formula is C27H32FN3Si. The van der Waals surface area contributed by atoms with Crippen molar-refractivity contribution >= 4 is 25.0 Å². The second-order valence-corrected chi connectivity index (χ2v) is 15.4. The molecule has 0 unspecified atom stereocenters. The lowest BCUT2D eigenvalue weighted by atomic mass is 10.0. The summed E-state index contributed by atoms with van der Waals surface area (Å²) in [5.41, 5.74) is 6.23. The average molecular weight is 446 g/mol. The monoisotopic (exact) mass is 445 g/mol. The van der Waals surface area contributed by atoms with Crippen molar-refractivity contribution < 1.29 is 4.39 Å². The third-order valence-electron chi connectivity index (χ3n) is 6.93. The van der Waals surface area contributed by atoms with Crippen molar-refractivity contribution in [2.24, 2.45) is 0 Å². The first-order valence-corrected chi connectivity index (χ1v) is 14.0. The molecule has 0 N–H and O–H groups in total. The molecule has 2 aromatic carbocycles. The van der Waals surface area contributed by atoms with E-state index in [0.29, 0.717) is 0 Å². The maximum absolute atomic E-state index is 14.1. The zero-order valence-corrected chi connectivity index (χ0v) is 21.1. The van der Waals surface area contributed by atoms with E-state index in [2.05, 4.69) is 79.5 Å². The molecule has 2 heterocycles. The van der Waals surface area contributed by atoms with Crippen LogP contribution in [-0.2, 0) is 0 Å². The van der Waals surface area contributed by atoms with Crippen LogP contribution in [0.3, 0.4) is 0 Å². The van der Waals surface area contributed by atoms with Gasteiger partial charge < -0.3 is 9.13 Å². The minimum atomic E-state index is -1.93. The van der Waals surface area contributed by atoms with Crippen LogP contribution in [-0.4, -0.2) is 31.5 Å². The van der Waals surface area contributed by atoms with E-state index < -0.39 is 8.24 Å². The molecule has 0 aliphatic carbocycles. The Balaban J connectivity index is 1.95. The maximum atomic E-state index is 14.1. The lowest BCUT2D eigenvalue weighted by Crippen LogP contribution is -2.45. The van der Waals surface area contributed by atoms with E-state index in [1.54, 1.807) is 12.1 Å². The highest BCUT2D eigenvalue weighted by molar-refractivity contribution is 6.79. The Labute approximate surface area is 191 Å². The summed E-state index contributed by atoms with van der Waals surface area (Å²) in [7, 11) is 2.15. The Hall–Kier alpha value is -2.92. The molecule has 2 aromatic heterocycles. The normalized spacial score (nSPS) is 12.4. The van der Waals surface area contributed by atoms with Crippen molar-refractivity contribution in [2.75, 3.05) is 19.0 Å². The molecule has 0 fully saturated rings. The van der Waals surface area contributed by atoms with Gasteiger partial charge in [0.2, 0.25) is 0 Å². The summed E-state index contributed by atoms with van der Waals surface area (Å²) in [4.78, 5) is 7.05. The van der Waals surface area contributed by atoms with Crippen molar-refractivity contribution in [1.82, 2.24) is 9.22 Å². The molecule has 0 atom stereocenters. The number of fused-ring (bicyclic) bond motifs is 1. The van der Waals surface area contributed by atoms with Gasteiger partial charge in [-0.25, -0.2) is 9.37 Å². The van der Waals surface area contributed by atoms with Crippen molar-refractivity contribution in [3.05, 3.63) is 72.8 Å². The number of pyridine rings is 1. The molecule has 0 radical (unpaired) electrons. The quantitative estimate of drug-likeness (QED) is 0.305. The Bertz CT molecular complexity index is 1260. The van der Waals surface area contributed by atoms with Crippen LogP contribution in [0.5, 0.6) is 0 Å². The second kappa shape index (κ2) is 7.89. The molecule has 5 heteroatoms. The summed E-state index contributed by atoms with van der Waals surface area (Å²) in [6.45, 7) is 11.6. The van der Waals surface area contributed by atoms with Gasteiger partial charge in [-0.1, -0.05) is 58.1 Å². The van der Waals surface area contributed by atoms with Crippen LogP contribution in [0.25, 0.3) is 33.3 Å². The first-order valence-electron chi connectivity index (χ1n) is 11.0. The van der Waals surface area contributed by atoms with Gasteiger partial charge in [-0.15, -0.1) is 0 Å². The molecule has 166 valence electrons. The molecular weight excluding hydrogens is 413 g/mol. The highest BCUT2D eigenvalue weighted by atomic mass is 28.3. The number of aromatic nitrogens is 2. The van der Waals surface area contributed by atoms with E-state index in [1.165, 1.54) is 6.07 Å². The lowest BCUT2D eigenvalue weighted by molar-refractivity contribution is 0.628. The van der Waals surface area contributed by atoms with Crippen molar-refractivity contribution in [2.45, 2.75) is 38.9 Å². The first-order chi connectivity index (χ1) is 15.0. The van der Waals surface area contributed by atoms with E-state index >= 15 is 0 Å². The molecule has 3 nitrogen and oxygen atoms in total. The van der Waals surface area contributed by atoms with Gasteiger partial charge >= 0.3 is 0 Å². The van der Waals surface area contributed by atoms with Crippen LogP contribution in [0, 0.1) is 5.82 Å². The summed E-state index contributed by atoms with van der Waals surface area (Å²) in [6, 6.07) is 17.6. The van der Waals surface area contributed by atoms with Gasteiger partial charge in [-0.3, -0.25) is 0 Å². The number of hydrogen-bond donors (Lipinski definition) is 0.